The second-order valence-corrected chi connectivity index (χ2v) is 3.51. The van der Waals surface area contributed by atoms with Crippen molar-refractivity contribution >= 4 is 11.9 Å². The standard InChI is InChI=1S/C10H12N2O4/c1-5-3-6(2)12(4-7(11)13)9(14)8(5)10(15)16/h3H,4H2,1-2H3,(H2,11,13)(H,15,16). The lowest BCUT2D eigenvalue weighted by Crippen LogP contribution is -2.33. The van der Waals surface area contributed by atoms with Gasteiger partial charge in [0.25, 0.3) is 5.56 Å². The number of hydrogen-bond donors (Lipinski definition) is 2. The predicted octanol–water partition coefficient (Wildman–Crippen LogP) is -0.351. The molecule has 0 fully saturated rings. The van der Waals surface area contributed by atoms with Gasteiger partial charge < -0.3 is 15.4 Å². The van der Waals surface area contributed by atoms with E-state index >= 15 is 0 Å². The first kappa shape index (κ1) is 12.0. The molecule has 0 aliphatic rings. The summed E-state index contributed by atoms with van der Waals surface area (Å²) in [6.07, 6.45) is 0. The zero-order valence-corrected chi connectivity index (χ0v) is 8.98. The zero-order chi connectivity index (χ0) is 12.5. The van der Waals surface area contributed by atoms with Gasteiger partial charge in [-0.15, -0.1) is 0 Å². The number of pyridine rings is 1. The van der Waals surface area contributed by atoms with Gasteiger partial charge in [0.1, 0.15) is 12.1 Å². The molecule has 1 rings (SSSR count). The maximum absolute atomic E-state index is 11.8. The summed E-state index contributed by atoms with van der Waals surface area (Å²) < 4.78 is 1.05. The number of carbonyl (C=O) groups excluding carboxylic acids is 1. The molecule has 1 aromatic rings. The van der Waals surface area contributed by atoms with Gasteiger partial charge in [0.05, 0.1) is 0 Å². The van der Waals surface area contributed by atoms with Crippen molar-refractivity contribution < 1.29 is 14.7 Å². The molecule has 86 valence electrons. The number of aromatic carboxylic acids is 1. The van der Waals surface area contributed by atoms with Crippen molar-refractivity contribution in [3.05, 3.63) is 33.2 Å². The van der Waals surface area contributed by atoms with Crippen LogP contribution in [-0.4, -0.2) is 21.6 Å². The Balaban J connectivity index is 3.51. The highest BCUT2D eigenvalue weighted by Crippen LogP contribution is 2.06. The molecule has 0 spiro atoms. The van der Waals surface area contributed by atoms with Crippen LogP contribution in [0.15, 0.2) is 10.9 Å². The molecule has 6 nitrogen and oxygen atoms in total. The molecule has 0 radical (unpaired) electrons. The van der Waals surface area contributed by atoms with Gasteiger partial charge in [-0.2, -0.15) is 0 Å². The van der Waals surface area contributed by atoms with Crippen molar-refractivity contribution in [2.75, 3.05) is 0 Å². The quantitative estimate of drug-likeness (QED) is 0.732. The minimum atomic E-state index is -1.30. The highest BCUT2D eigenvalue weighted by atomic mass is 16.4. The lowest BCUT2D eigenvalue weighted by atomic mass is 10.1. The van der Waals surface area contributed by atoms with Crippen LogP contribution in [0.3, 0.4) is 0 Å². The topological polar surface area (TPSA) is 102 Å². The third kappa shape index (κ3) is 2.10. The molecule has 0 aliphatic heterocycles. The van der Waals surface area contributed by atoms with Gasteiger partial charge in [-0.1, -0.05) is 0 Å². The fourth-order valence-electron chi connectivity index (χ4n) is 1.54. The molecule has 0 aromatic carbocycles. The number of amides is 1. The number of primary amides is 1. The maximum atomic E-state index is 11.8. The molecule has 1 aromatic heterocycles. The van der Waals surface area contributed by atoms with Gasteiger partial charge in [0.15, 0.2) is 0 Å². The summed E-state index contributed by atoms with van der Waals surface area (Å²) in [6.45, 7) is 2.83. The van der Waals surface area contributed by atoms with Crippen LogP contribution in [0, 0.1) is 13.8 Å². The SMILES string of the molecule is Cc1cc(C)n(CC(N)=O)c(=O)c1C(=O)O. The number of hydrogen-bond acceptors (Lipinski definition) is 3. The Bertz CT molecular complexity index is 516. The van der Waals surface area contributed by atoms with Crippen molar-refractivity contribution in [1.29, 1.82) is 0 Å². The normalized spacial score (nSPS) is 10.1. The fourth-order valence-corrected chi connectivity index (χ4v) is 1.54. The predicted molar refractivity (Wildman–Crippen MR) is 56.3 cm³/mol. The van der Waals surface area contributed by atoms with Gasteiger partial charge in [-0.05, 0) is 25.5 Å². The van der Waals surface area contributed by atoms with E-state index in [9.17, 15) is 14.4 Å². The largest absolute Gasteiger partial charge is 0.477 e. The van der Waals surface area contributed by atoms with Crippen LogP contribution in [0.5, 0.6) is 0 Å². The first-order chi connectivity index (χ1) is 7.34. The molecule has 0 aliphatic carbocycles. The average Bonchev–Trinajstić information content (AvgIpc) is 2.10. The number of aryl methyl sites for hydroxylation is 2. The van der Waals surface area contributed by atoms with Crippen molar-refractivity contribution in [2.45, 2.75) is 20.4 Å². The van der Waals surface area contributed by atoms with E-state index in [0.717, 1.165) is 4.57 Å². The van der Waals surface area contributed by atoms with Crippen LogP contribution in [0.1, 0.15) is 21.6 Å². The minimum Gasteiger partial charge on any atom is -0.477 e. The third-order valence-electron chi connectivity index (χ3n) is 2.23. The lowest BCUT2D eigenvalue weighted by molar-refractivity contribution is -0.118. The van der Waals surface area contributed by atoms with Crippen molar-refractivity contribution in [1.82, 2.24) is 4.57 Å². The van der Waals surface area contributed by atoms with E-state index in [1.54, 1.807) is 6.92 Å². The highest BCUT2D eigenvalue weighted by molar-refractivity contribution is 5.89. The molecule has 0 unspecified atom stereocenters. The summed E-state index contributed by atoms with van der Waals surface area (Å²) in [4.78, 5) is 33.4. The van der Waals surface area contributed by atoms with Crippen LogP contribution < -0.4 is 11.3 Å². The second-order valence-electron chi connectivity index (χ2n) is 3.51. The van der Waals surface area contributed by atoms with Gasteiger partial charge >= 0.3 is 5.97 Å². The number of carboxylic acids is 1. The number of carbonyl (C=O) groups is 2. The minimum absolute atomic E-state index is 0.314. The van der Waals surface area contributed by atoms with E-state index in [1.165, 1.54) is 13.0 Å². The van der Waals surface area contributed by atoms with Gasteiger partial charge in [-0.3, -0.25) is 9.59 Å². The van der Waals surface area contributed by atoms with E-state index in [0.29, 0.717) is 11.3 Å². The van der Waals surface area contributed by atoms with Crippen molar-refractivity contribution in [3.63, 3.8) is 0 Å². The Morgan fingerprint density at radius 1 is 1.44 bits per heavy atom. The molecular weight excluding hydrogens is 212 g/mol. The molecule has 1 heterocycles. The Hall–Kier alpha value is -2.11. The smallest absolute Gasteiger partial charge is 0.341 e. The van der Waals surface area contributed by atoms with Crippen LogP contribution in [0.4, 0.5) is 0 Å². The maximum Gasteiger partial charge on any atom is 0.341 e. The Kier molecular flexibility index (Phi) is 3.12. The summed E-state index contributed by atoms with van der Waals surface area (Å²) in [6, 6.07) is 1.54. The van der Waals surface area contributed by atoms with E-state index < -0.39 is 17.4 Å². The van der Waals surface area contributed by atoms with Crippen molar-refractivity contribution in [3.8, 4) is 0 Å². The first-order valence-electron chi connectivity index (χ1n) is 4.57. The van der Waals surface area contributed by atoms with E-state index in [2.05, 4.69) is 0 Å². The third-order valence-corrected chi connectivity index (χ3v) is 2.23. The molecule has 3 N–H and O–H groups in total. The molecule has 16 heavy (non-hydrogen) atoms. The molecule has 1 amide bonds. The van der Waals surface area contributed by atoms with Gasteiger partial charge in [0, 0.05) is 5.69 Å². The van der Waals surface area contributed by atoms with E-state index in [-0.39, 0.29) is 12.1 Å². The summed E-state index contributed by atoms with van der Waals surface area (Å²) in [5.74, 6) is -1.99. The molecule has 0 atom stereocenters. The number of carboxylic acid groups (broad SMARTS) is 1. The van der Waals surface area contributed by atoms with Crippen LogP contribution in [-0.2, 0) is 11.3 Å². The first-order valence-corrected chi connectivity index (χ1v) is 4.57. The lowest BCUT2D eigenvalue weighted by Gasteiger charge is -2.10. The summed E-state index contributed by atoms with van der Waals surface area (Å²) in [5, 5.41) is 8.87. The summed E-state index contributed by atoms with van der Waals surface area (Å²) >= 11 is 0. The van der Waals surface area contributed by atoms with Crippen LogP contribution in [0.2, 0.25) is 0 Å². The van der Waals surface area contributed by atoms with E-state index in [4.69, 9.17) is 10.8 Å². The van der Waals surface area contributed by atoms with Crippen LogP contribution in [0.25, 0.3) is 0 Å². The second kappa shape index (κ2) is 4.18. The average molecular weight is 224 g/mol. The molecule has 0 saturated carbocycles. The summed E-state index contributed by atoms with van der Waals surface area (Å²) in [7, 11) is 0. The number of rotatable bonds is 3. The van der Waals surface area contributed by atoms with Crippen LogP contribution >= 0.6 is 0 Å². The monoisotopic (exact) mass is 224 g/mol. The molecule has 6 heteroatoms. The molecular formula is C10H12N2O4. The number of aromatic nitrogens is 1. The Morgan fingerprint density at radius 2 is 2.00 bits per heavy atom. The highest BCUT2D eigenvalue weighted by Gasteiger charge is 2.16. The Morgan fingerprint density at radius 3 is 2.44 bits per heavy atom. The number of nitrogens with zero attached hydrogens (tertiary/aromatic N) is 1. The number of nitrogens with two attached hydrogens (primary N) is 1. The molecule has 0 bridgehead atoms. The molecule has 0 saturated heterocycles. The summed E-state index contributed by atoms with van der Waals surface area (Å²) in [5.41, 5.74) is 4.83. The zero-order valence-electron chi connectivity index (χ0n) is 8.98. The Labute approximate surface area is 91.3 Å². The van der Waals surface area contributed by atoms with E-state index in [1.807, 2.05) is 0 Å². The van der Waals surface area contributed by atoms with Gasteiger partial charge in [0.2, 0.25) is 5.91 Å². The van der Waals surface area contributed by atoms with Gasteiger partial charge in [-0.25, -0.2) is 4.79 Å². The fraction of sp³-hybridized carbons (Fsp3) is 0.300. The van der Waals surface area contributed by atoms with Crippen molar-refractivity contribution in [2.24, 2.45) is 5.73 Å².